The van der Waals surface area contributed by atoms with Crippen LogP contribution in [-0.2, 0) is 11.2 Å². The first-order valence-corrected chi connectivity index (χ1v) is 8.20. The smallest absolute Gasteiger partial charge is 0.247 e. The van der Waals surface area contributed by atoms with Gasteiger partial charge in [-0.3, -0.25) is 9.78 Å². The lowest BCUT2D eigenvalue weighted by atomic mass is 10.2. The predicted octanol–water partition coefficient (Wildman–Crippen LogP) is 3.77. The highest BCUT2D eigenvalue weighted by Gasteiger charge is 2.11. The first-order valence-electron chi connectivity index (χ1n) is 7.40. The molecule has 0 unspecified atom stereocenters. The number of nitrogens with one attached hydrogen (secondary N) is 1. The van der Waals surface area contributed by atoms with E-state index in [1.807, 2.05) is 25.1 Å². The Kier molecular flexibility index (Phi) is 5.00. The third-order valence-electron chi connectivity index (χ3n) is 3.42. The summed E-state index contributed by atoms with van der Waals surface area (Å²) in [6.07, 6.45) is 3.97. The number of rotatable bonds is 5. The summed E-state index contributed by atoms with van der Waals surface area (Å²) in [5.41, 5.74) is 2.67. The highest BCUT2D eigenvalue weighted by molar-refractivity contribution is 9.10. The molecule has 2 aromatic heterocycles. The van der Waals surface area contributed by atoms with Gasteiger partial charge in [0.1, 0.15) is 0 Å². The number of nitrogens with zero attached hydrogens (tertiary/aromatic N) is 3. The van der Waals surface area contributed by atoms with E-state index in [0.717, 1.165) is 21.3 Å². The zero-order chi connectivity index (χ0) is 16.9. The fourth-order valence-electron chi connectivity index (χ4n) is 2.08. The van der Waals surface area contributed by atoms with Gasteiger partial charge in [0.2, 0.25) is 17.7 Å². The van der Waals surface area contributed by atoms with Crippen molar-refractivity contribution in [2.45, 2.75) is 19.8 Å². The van der Waals surface area contributed by atoms with E-state index < -0.39 is 0 Å². The van der Waals surface area contributed by atoms with E-state index in [-0.39, 0.29) is 12.3 Å². The number of aryl methyl sites for hydroxylation is 2. The SMILES string of the molecule is Cc1ccc(NC(=O)CCc2nnc(-c3ccncc3)o2)cc1Br. The second-order valence-corrected chi connectivity index (χ2v) is 6.10. The van der Waals surface area contributed by atoms with Gasteiger partial charge in [0.25, 0.3) is 0 Å². The van der Waals surface area contributed by atoms with Crippen molar-refractivity contribution in [1.29, 1.82) is 0 Å². The highest BCUT2D eigenvalue weighted by Crippen LogP contribution is 2.21. The second-order valence-electron chi connectivity index (χ2n) is 5.25. The van der Waals surface area contributed by atoms with Gasteiger partial charge in [-0.25, -0.2) is 0 Å². The summed E-state index contributed by atoms with van der Waals surface area (Å²) in [6.45, 7) is 1.99. The summed E-state index contributed by atoms with van der Waals surface area (Å²) >= 11 is 3.45. The Morgan fingerprint density at radius 3 is 2.75 bits per heavy atom. The van der Waals surface area contributed by atoms with Gasteiger partial charge >= 0.3 is 0 Å². The summed E-state index contributed by atoms with van der Waals surface area (Å²) in [6, 6.07) is 9.27. The molecule has 0 saturated carbocycles. The van der Waals surface area contributed by atoms with Crippen LogP contribution in [-0.4, -0.2) is 21.1 Å². The molecule has 0 bridgehead atoms. The minimum Gasteiger partial charge on any atom is -0.421 e. The Balaban J connectivity index is 1.56. The van der Waals surface area contributed by atoms with Crippen molar-refractivity contribution in [1.82, 2.24) is 15.2 Å². The topological polar surface area (TPSA) is 80.9 Å². The van der Waals surface area contributed by atoms with Crippen LogP contribution in [0.25, 0.3) is 11.5 Å². The normalized spacial score (nSPS) is 10.6. The highest BCUT2D eigenvalue weighted by atomic mass is 79.9. The van der Waals surface area contributed by atoms with E-state index >= 15 is 0 Å². The number of anilines is 1. The van der Waals surface area contributed by atoms with Gasteiger partial charge in [-0.2, -0.15) is 0 Å². The number of carbonyl (C=O) groups excluding carboxylic acids is 1. The van der Waals surface area contributed by atoms with Crippen LogP contribution in [0.1, 0.15) is 17.9 Å². The lowest BCUT2D eigenvalue weighted by molar-refractivity contribution is -0.116. The number of carbonyl (C=O) groups is 1. The molecule has 7 heteroatoms. The molecule has 0 aliphatic heterocycles. The molecule has 0 atom stereocenters. The number of hydrogen-bond donors (Lipinski definition) is 1. The quantitative estimate of drug-likeness (QED) is 0.721. The maximum atomic E-state index is 12.0. The van der Waals surface area contributed by atoms with Gasteiger partial charge < -0.3 is 9.73 Å². The van der Waals surface area contributed by atoms with Crippen molar-refractivity contribution < 1.29 is 9.21 Å². The monoisotopic (exact) mass is 386 g/mol. The molecule has 24 heavy (non-hydrogen) atoms. The summed E-state index contributed by atoms with van der Waals surface area (Å²) in [5, 5.41) is 10.8. The summed E-state index contributed by atoms with van der Waals surface area (Å²) in [4.78, 5) is 16.0. The number of benzene rings is 1. The van der Waals surface area contributed by atoms with Crippen LogP contribution in [0, 0.1) is 6.92 Å². The number of pyridine rings is 1. The molecular formula is C17H15BrN4O2. The zero-order valence-electron chi connectivity index (χ0n) is 13.0. The van der Waals surface area contributed by atoms with E-state index in [4.69, 9.17) is 4.42 Å². The first kappa shape index (κ1) is 16.3. The lowest BCUT2D eigenvalue weighted by Crippen LogP contribution is -2.12. The van der Waals surface area contributed by atoms with E-state index in [0.29, 0.717) is 18.2 Å². The van der Waals surface area contributed by atoms with E-state index in [2.05, 4.69) is 36.4 Å². The average Bonchev–Trinajstić information content (AvgIpc) is 3.06. The molecule has 1 aromatic carbocycles. The van der Waals surface area contributed by atoms with E-state index in [9.17, 15) is 4.79 Å². The molecule has 3 rings (SSSR count). The van der Waals surface area contributed by atoms with Crippen molar-refractivity contribution in [3.63, 3.8) is 0 Å². The largest absolute Gasteiger partial charge is 0.421 e. The number of halogens is 1. The Bertz CT molecular complexity index is 849. The van der Waals surface area contributed by atoms with Gasteiger partial charge in [0, 0.05) is 41.0 Å². The van der Waals surface area contributed by atoms with Crippen LogP contribution in [0.5, 0.6) is 0 Å². The van der Waals surface area contributed by atoms with Crippen molar-refractivity contribution in [3.05, 3.63) is 58.7 Å². The molecule has 2 heterocycles. The lowest BCUT2D eigenvalue weighted by Gasteiger charge is -2.06. The molecule has 6 nitrogen and oxygen atoms in total. The molecule has 1 amide bonds. The summed E-state index contributed by atoms with van der Waals surface area (Å²) in [7, 11) is 0. The minimum absolute atomic E-state index is 0.102. The standard InChI is InChI=1S/C17H15BrN4O2/c1-11-2-3-13(10-14(11)18)20-15(23)4-5-16-21-22-17(24-16)12-6-8-19-9-7-12/h2-3,6-10H,4-5H2,1H3,(H,20,23). The van der Waals surface area contributed by atoms with Gasteiger partial charge in [0.05, 0.1) is 0 Å². The predicted molar refractivity (Wildman–Crippen MR) is 93.4 cm³/mol. The van der Waals surface area contributed by atoms with Crippen LogP contribution in [0.15, 0.2) is 51.6 Å². The van der Waals surface area contributed by atoms with E-state index in [1.165, 1.54) is 0 Å². The maximum absolute atomic E-state index is 12.0. The molecule has 0 spiro atoms. The van der Waals surface area contributed by atoms with Gasteiger partial charge in [-0.05, 0) is 36.8 Å². The van der Waals surface area contributed by atoms with Crippen LogP contribution in [0.3, 0.4) is 0 Å². The van der Waals surface area contributed by atoms with Crippen molar-refractivity contribution in [3.8, 4) is 11.5 Å². The molecule has 0 radical (unpaired) electrons. The Morgan fingerprint density at radius 1 is 1.21 bits per heavy atom. The van der Waals surface area contributed by atoms with Crippen LogP contribution in [0.2, 0.25) is 0 Å². The molecule has 122 valence electrons. The van der Waals surface area contributed by atoms with Crippen LogP contribution in [0.4, 0.5) is 5.69 Å². The molecule has 0 saturated heterocycles. The minimum atomic E-state index is -0.102. The zero-order valence-corrected chi connectivity index (χ0v) is 14.6. The first-order chi connectivity index (χ1) is 11.6. The third kappa shape index (κ3) is 4.05. The van der Waals surface area contributed by atoms with Crippen molar-refractivity contribution >= 4 is 27.5 Å². The van der Waals surface area contributed by atoms with E-state index in [1.54, 1.807) is 24.5 Å². The Morgan fingerprint density at radius 2 is 2.00 bits per heavy atom. The third-order valence-corrected chi connectivity index (χ3v) is 4.27. The van der Waals surface area contributed by atoms with Gasteiger partial charge in [-0.15, -0.1) is 10.2 Å². The molecule has 1 N–H and O–H groups in total. The fourth-order valence-corrected chi connectivity index (χ4v) is 2.46. The maximum Gasteiger partial charge on any atom is 0.247 e. The molecule has 0 fully saturated rings. The molecule has 0 aliphatic carbocycles. The Hall–Kier alpha value is -2.54. The molecule has 3 aromatic rings. The Labute approximate surface area is 147 Å². The van der Waals surface area contributed by atoms with Gasteiger partial charge in [0.15, 0.2) is 0 Å². The van der Waals surface area contributed by atoms with Crippen LogP contribution < -0.4 is 5.32 Å². The number of amides is 1. The van der Waals surface area contributed by atoms with Gasteiger partial charge in [-0.1, -0.05) is 22.0 Å². The van der Waals surface area contributed by atoms with Crippen LogP contribution >= 0.6 is 15.9 Å². The van der Waals surface area contributed by atoms with Crippen molar-refractivity contribution in [2.75, 3.05) is 5.32 Å². The molecular weight excluding hydrogens is 372 g/mol. The van der Waals surface area contributed by atoms with Crippen molar-refractivity contribution in [2.24, 2.45) is 0 Å². The number of hydrogen-bond acceptors (Lipinski definition) is 5. The fraction of sp³-hybridized carbons (Fsp3) is 0.176. The molecule has 0 aliphatic rings. The summed E-state index contributed by atoms with van der Waals surface area (Å²) < 4.78 is 6.53. The number of aromatic nitrogens is 3. The summed E-state index contributed by atoms with van der Waals surface area (Å²) in [5.74, 6) is 0.756. The second kappa shape index (κ2) is 7.35. The average molecular weight is 387 g/mol.